The van der Waals surface area contributed by atoms with Crippen LogP contribution in [-0.4, -0.2) is 16.8 Å². The molecule has 4 rings (SSSR count). The number of carbonyl (C=O) groups excluding carboxylic acids is 2. The number of Topliss-reactive ketones (excluding diaryl/α,β-unsaturated/α-hetero) is 1. The Morgan fingerprint density at radius 1 is 0.968 bits per heavy atom. The number of amides is 1. The van der Waals surface area contributed by atoms with Crippen LogP contribution >= 0.6 is 11.6 Å². The van der Waals surface area contributed by atoms with Gasteiger partial charge in [0.1, 0.15) is 11.6 Å². The summed E-state index contributed by atoms with van der Waals surface area (Å²) in [5.41, 5.74) is 2.42. The molecule has 0 bridgehead atoms. The molecule has 1 heterocycles. The summed E-state index contributed by atoms with van der Waals surface area (Å²) >= 11 is 6.18. The Kier molecular flexibility index (Phi) is 5.38. The molecule has 1 unspecified atom stereocenters. The molecule has 1 aliphatic rings. The van der Waals surface area contributed by atoms with E-state index in [0.29, 0.717) is 21.8 Å². The smallest absolute Gasteiger partial charge is 0.300 e. The number of halogens is 2. The fraction of sp³-hybridized carbons (Fsp3) is 0.120. The molecule has 1 atom stereocenters. The van der Waals surface area contributed by atoms with Crippen LogP contribution in [0.5, 0.6) is 0 Å². The Labute approximate surface area is 184 Å². The normalized spacial score (nSPS) is 17.9. The molecule has 1 fully saturated rings. The highest BCUT2D eigenvalue weighted by Crippen LogP contribution is 2.43. The SMILES string of the molecule is Cc1cc(/C(O)=C2\C(=O)C(=O)N(c3cc(Cl)ccc3C)C2c2ccccc2)ccc1F. The van der Waals surface area contributed by atoms with E-state index >= 15 is 0 Å². The van der Waals surface area contributed by atoms with E-state index in [9.17, 15) is 19.1 Å². The van der Waals surface area contributed by atoms with Crippen molar-refractivity contribution >= 4 is 34.7 Å². The van der Waals surface area contributed by atoms with Crippen molar-refractivity contribution in [2.24, 2.45) is 0 Å². The third-order valence-electron chi connectivity index (χ3n) is 5.42. The number of ketones is 1. The molecule has 156 valence electrons. The van der Waals surface area contributed by atoms with Gasteiger partial charge < -0.3 is 5.11 Å². The van der Waals surface area contributed by atoms with Gasteiger partial charge in [-0.3, -0.25) is 14.5 Å². The van der Waals surface area contributed by atoms with Crippen molar-refractivity contribution in [2.45, 2.75) is 19.9 Å². The Hall–Kier alpha value is -3.44. The van der Waals surface area contributed by atoms with Crippen LogP contribution in [0.4, 0.5) is 10.1 Å². The van der Waals surface area contributed by atoms with Gasteiger partial charge in [0.05, 0.1) is 11.6 Å². The second kappa shape index (κ2) is 8.00. The maximum absolute atomic E-state index is 13.7. The lowest BCUT2D eigenvalue weighted by Crippen LogP contribution is -2.30. The highest BCUT2D eigenvalue weighted by Gasteiger charge is 2.47. The number of aryl methyl sites for hydroxylation is 2. The maximum atomic E-state index is 13.7. The highest BCUT2D eigenvalue weighted by molar-refractivity contribution is 6.52. The molecule has 1 aliphatic heterocycles. The summed E-state index contributed by atoms with van der Waals surface area (Å²) < 4.78 is 13.7. The van der Waals surface area contributed by atoms with Crippen LogP contribution in [0, 0.1) is 19.7 Å². The molecule has 3 aromatic carbocycles. The molecule has 6 heteroatoms. The minimum atomic E-state index is -0.858. The number of nitrogens with zero attached hydrogens (tertiary/aromatic N) is 1. The van der Waals surface area contributed by atoms with Crippen LogP contribution in [0.2, 0.25) is 5.02 Å². The number of aliphatic hydroxyl groups excluding tert-OH is 1. The van der Waals surface area contributed by atoms with Gasteiger partial charge in [-0.15, -0.1) is 0 Å². The molecular formula is C25H19ClFNO3. The summed E-state index contributed by atoms with van der Waals surface area (Å²) in [7, 11) is 0. The van der Waals surface area contributed by atoms with E-state index < -0.39 is 23.5 Å². The van der Waals surface area contributed by atoms with Crippen molar-refractivity contribution in [3.05, 3.63) is 105 Å². The fourth-order valence-electron chi connectivity index (χ4n) is 3.82. The topological polar surface area (TPSA) is 57.6 Å². The van der Waals surface area contributed by atoms with Gasteiger partial charge in [-0.25, -0.2) is 4.39 Å². The van der Waals surface area contributed by atoms with Gasteiger partial charge in [-0.1, -0.05) is 48.0 Å². The Morgan fingerprint density at radius 3 is 2.35 bits per heavy atom. The quantitative estimate of drug-likeness (QED) is 0.325. The molecule has 0 aromatic heterocycles. The summed E-state index contributed by atoms with van der Waals surface area (Å²) in [5.74, 6) is -2.35. The van der Waals surface area contributed by atoms with Crippen LogP contribution in [-0.2, 0) is 9.59 Å². The van der Waals surface area contributed by atoms with Crippen molar-refractivity contribution in [1.29, 1.82) is 0 Å². The number of aliphatic hydroxyl groups is 1. The van der Waals surface area contributed by atoms with Gasteiger partial charge in [-0.05, 0) is 60.9 Å². The molecule has 0 saturated carbocycles. The zero-order valence-electron chi connectivity index (χ0n) is 16.9. The monoisotopic (exact) mass is 435 g/mol. The van der Waals surface area contributed by atoms with E-state index in [1.807, 2.05) is 13.0 Å². The zero-order valence-corrected chi connectivity index (χ0v) is 17.7. The molecule has 1 N–H and O–H groups in total. The zero-order chi connectivity index (χ0) is 22.3. The van der Waals surface area contributed by atoms with Crippen LogP contribution < -0.4 is 4.90 Å². The largest absolute Gasteiger partial charge is 0.507 e. The third kappa shape index (κ3) is 3.62. The average Bonchev–Trinajstić information content (AvgIpc) is 3.02. The number of benzene rings is 3. The van der Waals surface area contributed by atoms with Crippen molar-refractivity contribution in [2.75, 3.05) is 4.90 Å². The first kappa shape index (κ1) is 20.8. The Bertz CT molecular complexity index is 1240. The van der Waals surface area contributed by atoms with E-state index in [4.69, 9.17) is 11.6 Å². The van der Waals surface area contributed by atoms with Crippen LogP contribution in [0.3, 0.4) is 0 Å². The van der Waals surface area contributed by atoms with Gasteiger partial charge in [-0.2, -0.15) is 0 Å². The van der Waals surface area contributed by atoms with E-state index in [1.165, 1.54) is 23.1 Å². The summed E-state index contributed by atoms with van der Waals surface area (Å²) in [6.45, 7) is 3.38. The molecule has 1 saturated heterocycles. The Balaban J connectivity index is 1.98. The minimum absolute atomic E-state index is 0.0541. The second-order valence-electron chi connectivity index (χ2n) is 7.47. The average molecular weight is 436 g/mol. The predicted octanol–water partition coefficient (Wildman–Crippen LogP) is 5.72. The first-order chi connectivity index (χ1) is 14.8. The number of hydrogen-bond donors (Lipinski definition) is 1. The molecule has 4 nitrogen and oxygen atoms in total. The maximum Gasteiger partial charge on any atom is 0.300 e. The van der Waals surface area contributed by atoms with Crippen molar-refractivity contribution in [3.63, 3.8) is 0 Å². The van der Waals surface area contributed by atoms with Crippen LogP contribution in [0.1, 0.15) is 28.3 Å². The molecule has 0 radical (unpaired) electrons. The van der Waals surface area contributed by atoms with Gasteiger partial charge in [0.2, 0.25) is 0 Å². The standard InChI is InChI=1S/C25H19ClFNO3/c1-14-8-10-18(26)13-20(14)28-22(16-6-4-3-5-7-16)21(24(30)25(28)31)23(29)17-9-11-19(27)15(2)12-17/h3-13,22,29H,1-2H3/b23-21+. The third-order valence-corrected chi connectivity index (χ3v) is 5.66. The number of rotatable bonds is 3. The first-order valence-corrected chi connectivity index (χ1v) is 10.1. The lowest BCUT2D eigenvalue weighted by atomic mass is 9.94. The first-order valence-electron chi connectivity index (χ1n) is 9.68. The molecule has 31 heavy (non-hydrogen) atoms. The molecule has 1 amide bonds. The molecule has 0 aliphatic carbocycles. The molecule has 3 aromatic rings. The van der Waals surface area contributed by atoms with Crippen molar-refractivity contribution in [1.82, 2.24) is 0 Å². The van der Waals surface area contributed by atoms with Gasteiger partial charge in [0.15, 0.2) is 0 Å². The van der Waals surface area contributed by atoms with E-state index in [-0.39, 0.29) is 16.9 Å². The molecule has 0 spiro atoms. The van der Waals surface area contributed by atoms with Crippen LogP contribution in [0.15, 0.2) is 72.3 Å². The second-order valence-corrected chi connectivity index (χ2v) is 7.91. The van der Waals surface area contributed by atoms with Gasteiger partial charge in [0.25, 0.3) is 11.7 Å². The van der Waals surface area contributed by atoms with Gasteiger partial charge >= 0.3 is 0 Å². The minimum Gasteiger partial charge on any atom is -0.507 e. The Morgan fingerprint density at radius 2 is 1.68 bits per heavy atom. The highest BCUT2D eigenvalue weighted by atomic mass is 35.5. The number of hydrogen-bond acceptors (Lipinski definition) is 3. The van der Waals surface area contributed by atoms with Gasteiger partial charge in [0, 0.05) is 16.3 Å². The van der Waals surface area contributed by atoms with Crippen LogP contribution in [0.25, 0.3) is 5.76 Å². The fourth-order valence-corrected chi connectivity index (χ4v) is 3.99. The lowest BCUT2D eigenvalue weighted by molar-refractivity contribution is -0.132. The van der Waals surface area contributed by atoms with Crippen molar-refractivity contribution in [3.8, 4) is 0 Å². The van der Waals surface area contributed by atoms with E-state index in [0.717, 1.165) is 5.56 Å². The summed E-state index contributed by atoms with van der Waals surface area (Å²) in [4.78, 5) is 27.6. The summed E-state index contributed by atoms with van der Waals surface area (Å²) in [6.07, 6.45) is 0. The number of carbonyl (C=O) groups is 2. The summed E-state index contributed by atoms with van der Waals surface area (Å²) in [5, 5.41) is 11.5. The van der Waals surface area contributed by atoms with E-state index in [1.54, 1.807) is 49.4 Å². The molecular weight excluding hydrogens is 417 g/mol. The predicted molar refractivity (Wildman–Crippen MR) is 119 cm³/mol. The lowest BCUT2D eigenvalue weighted by Gasteiger charge is -2.27. The van der Waals surface area contributed by atoms with E-state index in [2.05, 4.69) is 0 Å². The number of anilines is 1. The van der Waals surface area contributed by atoms with Crippen molar-refractivity contribution < 1.29 is 19.1 Å². The summed E-state index contributed by atoms with van der Waals surface area (Å²) in [6, 6.07) is 17.3.